The van der Waals surface area contributed by atoms with Crippen molar-refractivity contribution in [3.8, 4) is 0 Å². The zero-order chi connectivity index (χ0) is 26.0. The molecule has 0 spiro atoms. The normalized spacial score (nSPS) is 10.5. The molecule has 0 aliphatic carbocycles. The summed E-state index contributed by atoms with van der Waals surface area (Å²) < 4.78 is 47.0. The minimum absolute atomic E-state index is 0. The Kier molecular flexibility index (Phi) is 16.1. The standard InChI is InChI=1S/C10H12BrNO3S.C7H6BrClO2S.C2H6N2O.ClH/c1-7-6-8(2-3-9(7)11)16(14,15)5-4-10(12)13;1-5-4-6(12(9,10)11)2-3-7(5)8;3-1-2(4)5;/h2-3,6H,4-5H2,1H3,(H2,12,13);2-4H,1H3;1,3H2,(H2,4,5);1H. The zero-order valence-corrected chi connectivity index (χ0v) is 24.5. The summed E-state index contributed by atoms with van der Waals surface area (Å²) in [6.45, 7) is 3.55. The summed E-state index contributed by atoms with van der Waals surface area (Å²) in [7, 11) is -1.87. The van der Waals surface area contributed by atoms with Crippen molar-refractivity contribution < 1.29 is 26.4 Å². The fourth-order valence-electron chi connectivity index (χ4n) is 1.93. The predicted octanol–water partition coefficient (Wildman–Crippen LogP) is 2.94. The fourth-order valence-corrected chi connectivity index (χ4v) is 4.60. The molecule has 9 nitrogen and oxygen atoms in total. The summed E-state index contributed by atoms with van der Waals surface area (Å²) in [5.74, 6) is -1.33. The highest BCUT2D eigenvalue weighted by atomic mass is 79.9. The van der Waals surface area contributed by atoms with E-state index >= 15 is 0 Å². The van der Waals surface area contributed by atoms with Gasteiger partial charge >= 0.3 is 0 Å². The van der Waals surface area contributed by atoms with Crippen LogP contribution in [0.5, 0.6) is 0 Å². The number of carbonyl (C=O) groups excluding carboxylic acids is 2. The Morgan fingerprint density at radius 2 is 1.24 bits per heavy atom. The minimum Gasteiger partial charge on any atom is -0.370 e. The van der Waals surface area contributed by atoms with Gasteiger partial charge in [-0.25, -0.2) is 16.8 Å². The quantitative estimate of drug-likeness (QED) is 0.391. The van der Waals surface area contributed by atoms with E-state index in [1.807, 2.05) is 0 Å². The number of sulfone groups is 1. The molecule has 0 saturated heterocycles. The van der Waals surface area contributed by atoms with Crippen molar-refractivity contribution in [1.82, 2.24) is 0 Å². The van der Waals surface area contributed by atoms with Crippen LogP contribution in [0.25, 0.3) is 0 Å². The molecule has 34 heavy (non-hydrogen) atoms. The predicted molar refractivity (Wildman–Crippen MR) is 142 cm³/mol. The van der Waals surface area contributed by atoms with E-state index in [-0.39, 0.29) is 40.9 Å². The molecule has 0 atom stereocenters. The molecule has 0 unspecified atom stereocenters. The van der Waals surface area contributed by atoms with E-state index in [2.05, 4.69) is 37.6 Å². The zero-order valence-electron chi connectivity index (χ0n) is 18.1. The van der Waals surface area contributed by atoms with Gasteiger partial charge in [0.2, 0.25) is 11.8 Å². The van der Waals surface area contributed by atoms with E-state index in [4.69, 9.17) is 22.1 Å². The first-order valence-electron chi connectivity index (χ1n) is 8.97. The number of carbonyl (C=O) groups is 2. The Labute approximate surface area is 226 Å². The third-order valence-electron chi connectivity index (χ3n) is 3.72. The van der Waals surface area contributed by atoms with Gasteiger partial charge in [-0.05, 0) is 61.4 Å². The second kappa shape index (κ2) is 15.7. The molecule has 0 aliphatic heterocycles. The first kappa shape index (κ1) is 34.9. The molecule has 2 aromatic rings. The number of rotatable bonds is 6. The van der Waals surface area contributed by atoms with Crippen LogP contribution in [0, 0.1) is 13.8 Å². The monoisotopic (exact) mass is 683 g/mol. The molecule has 192 valence electrons. The van der Waals surface area contributed by atoms with Gasteiger partial charge in [0.1, 0.15) is 0 Å². The Bertz CT molecular complexity index is 1210. The Morgan fingerprint density at radius 3 is 1.56 bits per heavy atom. The molecule has 0 radical (unpaired) electrons. The third-order valence-corrected chi connectivity index (χ3v) is 8.56. The van der Waals surface area contributed by atoms with E-state index in [1.165, 1.54) is 18.2 Å². The molecule has 0 heterocycles. The number of nitrogens with two attached hydrogens (primary N) is 3. The summed E-state index contributed by atoms with van der Waals surface area (Å²) in [5, 5.41) is 0. The number of halogens is 4. The lowest BCUT2D eigenvalue weighted by molar-refractivity contribution is -0.118. The second-order valence-corrected chi connectivity index (χ2v) is 12.8. The number of hydrogen-bond acceptors (Lipinski definition) is 7. The SMILES string of the molecule is Cc1cc(S(=O)(=O)CCC(N)=O)ccc1Br.Cc1cc(S(=O)(=O)Cl)ccc1Br.Cl.NCC(N)=O. The van der Waals surface area contributed by atoms with Crippen LogP contribution in [0.3, 0.4) is 0 Å². The van der Waals surface area contributed by atoms with Crippen molar-refractivity contribution in [2.75, 3.05) is 12.3 Å². The van der Waals surface area contributed by atoms with Crippen LogP contribution < -0.4 is 17.2 Å². The number of aryl methyl sites for hydroxylation is 2. The van der Waals surface area contributed by atoms with Crippen LogP contribution in [0.2, 0.25) is 0 Å². The molecule has 15 heteroatoms. The highest BCUT2D eigenvalue weighted by molar-refractivity contribution is 9.10. The number of amides is 2. The molecule has 0 fully saturated rings. The van der Waals surface area contributed by atoms with Gasteiger partial charge < -0.3 is 17.2 Å². The van der Waals surface area contributed by atoms with Crippen LogP contribution in [0.4, 0.5) is 0 Å². The molecular formula is C19H25Br2Cl2N3O6S2. The maximum absolute atomic E-state index is 11.8. The molecular weight excluding hydrogens is 661 g/mol. The van der Waals surface area contributed by atoms with Crippen molar-refractivity contribution in [3.63, 3.8) is 0 Å². The Hall–Kier alpha value is -1.22. The van der Waals surface area contributed by atoms with E-state index in [9.17, 15) is 26.4 Å². The van der Waals surface area contributed by atoms with Crippen molar-refractivity contribution in [2.45, 2.75) is 30.1 Å². The summed E-state index contributed by atoms with van der Waals surface area (Å²) in [6.07, 6.45) is -0.155. The first-order valence-corrected chi connectivity index (χ1v) is 14.5. The Balaban J connectivity index is 0. The van der Waals surface area contributed by atoms with Crippen molar-refractivity contribution >= 4 is 85.7 Å². The lowest BCUT2D eigenvalue weighted by Gasteiger charge is -2.05. The average molecular weight is 686 g/mol. The van der Waals surface area contributed by atoms with Crippen molar-refractivity contribution in [2.24, 2.45) is 17.2 Å². The van der Waals surface area contributed by atoms with E-state index in [0.29, 0.717) is 0 Å². The molecule has 2 rings (SSSR count). The summed E-state index contributed by atoms with van der Waals surface area (Å²) in [5.41, 5.74) is 15.8. The molecule has 0 saturated carbocycles. The molecule has 2 amide bonds. The molecule has 0 aliphatic rings. The van der Waals surface area contributed by atoms with E-state index in [1.54, 1.807) is 32.0 Å². The van der Waals surface area contributed by atoms with Crippen LogP contribution in [0.1, 0.15) is 17.5 Å². The minimum atomic E-state index is -3.59. The van der Waals surface area contributed by atoms with Crippen molar-refractivity contribution in [3.05, 3.63) is 56.5 Å². The van der Waals surface area contributed by atoms with Crippen LogP contribution in [-0.2, 0) is 28.5 Å². The number of hydrogen-bond donors (Lipinski definition) is 3. The van der Waals surface area contributed by atoms with E-state index < -0.39 is 30.7 Å². The molecule has 0 aromatic heterocycles. The van der Waals surface area contributed by atoms with Crippen molar-refractivity contribution in [1.29, 1.82) is 0 Å². The van der Waals surface area contributed by atoms with Gasteiger partial charge in [0, 0.05) is 26.0 Å². The smallest absolute Gasteiger partial charge is 0.261 e. The van der Waals surface area contributed by atoms with Gasteiger partial charge in [0.15, 0.2) is 9.84 Å². The summed E-state index contributed by atoms with van der Waals surface area (Å²) >= 11 is 6.55. The van der Waals surface area contributed by atoms with Gasteiger partial charge in [-0.2, -0.15) is 0 Å². The second-order valence-electron chi connectivity index (χ2n) is 6.47. The number of primary amides is 2. The van der Waals surface area contributed by atoms with Gasteiger partial charge in [0.25, 0.3) is 9.05 Å². The summed E-state index contributed by atoms with van der Waals surface area (Å²) in [4.78, 5) is 20.4. The summed E-state index contributed by atoms with van der Waals surface area (Å²) in [6, 6.07) is 9.39. The topological polar surface area (TPSA) is 180 Å². The number of benzene rings is 2. The largest absolute Gasteiger partial charge is 0.370 e. The van der Waals surface area contributed by atoms with Crippen LogP contribution in [0.15, 0.2) is 55.1 Å². The average Bonchev–Trinajstić information content (AvgIpc) is 2.70. The molecule has 0 bridgehead atoms. The Morgan fingerprint density at radius 1 is 0.853 bits per heavy atom. The third kappa shape index (κ3) is 13.6. The van der Waals surface area contributed by atoms with Crippen LogP contribution in [-0.4, -0.2) is 40.9 Å². The lowest BCUT2D eigenvalue weighted by atomic mass is 10.2. The van der Waals surface area contributed by atoms with Crippen LogP contribution >= 0.6 is 54.9 Å². The lowest BCUT2D eigenvalue weighted by Crippen LogP contribution is -2.21. The highest BCUT2D eigenvalue weighted by Gasteiger charge is 2.16. The van der Waals surface area contributed by atoms with Gasteiger partial charge in [-0.15, -0.1) is 12.4 Å². The molecule has 6 N–H and O–H groups in total. The van der Waals surface area contributed by atoms with Gasteiger partial charge in [-0.1, -0.05) is 31.9 Å². The maximum atomic E-state index is 11.8. The maximum Gasteiger partial charge on any atom is 0.261 e. The van der Waals surface area contributed by atoms with E-state index in [0.717, 1.165) is 20.1 Å². The molecule has 2 aromatic carbocycles. The highest BCUT2D eigenvalue weighted by Crippen LogP contribution is 2.22. The fraction of sp³-hybridized carbons (Fsp3) is 0.263. The first-order chi connectivity index (χ1) is 15.0. The van der Waals surface area contributed by atoms with Gasteiger partial charge in [-0.3, -0.25) is 9.59 Å². The van der Waals surface area contributed by atoms with Gasteiger partial charge in [0.05, 0.1) is 22.1 Å².